The number of hydrogen-bond acceptors (Lipinski definition) is 4. The first kappa shape index (κ1) is 18.7. The van der Waals surface area contributed by atoms with Gasteiger partial charge >= 0.3 is 0 Å². The van der Waals surface area contributed by atoms with Gasteiger partial charge in [-0.05, 0) is 40.6 Å². The minimum absolute atomic E-state index is 0.295. The number of ether oxygens (including phenoxy) is 1. The number of aromatic nitrogens is 2. The number of nitrogens with one attached hydrogen (secondary N) is 2. The molecule has 7 heteroatoms. The van der Waals surface area contributed by atoms with Gasteiger partial charge in [-0.15, -0.1) is 0 Å². The fourth-order valence-corrected chi connectivity index (χ4v) is 3.15. The van der Waals surface area contributed by atoms with Crippen molar-refractivity contribution in [2.45, 2.75) is 0 Å². The first-order valence-corrected chi connectivity index (χ1v) is 9.24. The monoisotopic (exact) mass is 404 g/mol. The normalized spacial score (nSPS) is 11.1. The molecule has 4 aromatic rings. The molecule has 3 aromatic carbocycles. The Kier molecular flexibility index (Phi) is 5.27. The summed E-state index contributed by atoms with van der Waals surface area (Å²) in [4.78, 5) is 12.4. The minimum Gasteiger partial charge on any atom is -0.496 e. The van der Waals surface area contributed by atoms with E-state index >= 15 is 0 Å². The third kappa shape index (κ3) is 3.97. The number of amides is 1. The number of halogens is 1. The van der Waals surface area contributed by atoms with Crippen LogP contribution in [0.3, 0.4) is 0 Å². The summed E-state index contributed by atoms with van der Waals surface area (Å²) in [7, 11) is 1.61. The van der Waals surface area contributed by atoms with Crippen LogP contribution < -0.4 is 10.2 Å². The minimum atomic E-state index is -0.395. The molecule has 0 radical (unpaired) electrons. The molecule has 1 amide bonds. The smallest absolute Gasteiger partial charge is 0.289 e. The molecule has 29 heavy (non-hydrogen) atoms. The van der Waals surface area contributed by atoms with E-state index in [0.29, 0.717) is 22.2 Å². The second-order valence-corrected chi connectivity index (χ2v) is 6.72. The Morgan fingerprint density at radius 2 is 1.93 bits per heavy atom. The molecule has 0 aliphatic heterocycles. The maximum absolute atomic E-state index is 12.4. The second-order valence-electron chi connectivity index (χ2n) is 6.28. The number of rotatable bonds is 5. The van der Waals surface area contributed by atoms with Gasteiger partial charge in [0.2, 0.25) is 0 Å². The van der Waals surface area contributed by atoms with Crippen LogP contribution in [-0.4, -0.2) is 29.4 Å². The molecule has 0 spiro atoms. The van der Waals surface area contributed by atoms with Crippen LogP contribution in [0.1, 0.15) is 16.1 Å². The van der Waals surface area contributed by atoms with Crippen molar-refractivity contribution in [2.75, 3.05) is 7.11 Å². The Balaban J connectivity index is 1.58. The maximum Gasteiger partial charge on any atom is 0.289 e. The quantitative estimate of drug-likeness (QED) is 0.375. The van der Waals surface area contributed by atoms with Crippen molar-refractivity contribution in [3.05, 3.63) is 83.0 Å². The van der Waals surface area contributed by atoms with Crippen LogP contribution in [0.15, 0.2) is 71.8 Å². The number of carbonyl (C=O) groups excluding carboxylic acids is 1. The molecule has 0 saturated heterocycles. The van der Waals surface area contributed by atoms with E-state index in [9.17, 15) is 4.79 Å². The molecule has 1 heterocycles. The number of carbonyl (C=O) groups is 1. The van der Waals surface area contributed by atoms with Gasteiger partial charge in [0, 0.05) is 5.02 Å². The molecule has 2 N–H and O–H groups in total. The van der Waals surface area contributed by atoms with Crippen molar-refractivity contribution < 1.29 is 9.53 Å². The number of nitrogens with zero attached hydrogens (tertiary/aromatic N) is 2. The van der Waals surface area contributed by atoms with Crippen LogP contribution in [0, 0.1) is 0 Å². The van der Waals surface area contributed by atoms with E-state index in [1.807, 2.05) is 36.4 Å². The fourth-order valence-electron chi connectivity index (χ4n) is 3.03. The van der Waals surface area contributed by atoms with Crippen molar-refractivity contribution in [3.63, 3.8) is 0 Å². The largest absolute Gasteiger partial charge is 0.496 e. The summed E-state index contributed by atoms with van der Waals surface area (Å²) in [5, 5.41) is 13.7. The molecule has 0 aliphatic rings. The van der Waals surface area contributed by atoms with Crippen molar-refractivity contribution >= 4 is 34.5 Å². The van der Waals surface area contributed by atoms with Crippen LogP contribution in [0.4, 0.5) is 0 Å². The molecule has 1 aromatic heterocycles. The van der Waals surface area contributed by atoms with Crippen LogP contribution in [0.2, 0.25) is 5.02 Å². The number of aromatic amines is 1. The summed E-state index contributed by atoms with van der Waals surface area (Å²) in [6.07, 6.45) is 1.54. The molecule has 0 aliphatic carbocycles. The number of fused-ring (bicyclic) bond motifs is 1. The predicted octanol–water partition coefficient (Wildman–Crippen LogP) is 4.66. The van der Waals surface area contributed by atoms with Gasteiger partial charge in [-0.2, -0.15) is 10.2 Å². The van der Waals surface area contributed by atoms with E-state index in [1.165, 1.54) is 0 Å². The molecule has 0 unspecified atom stereocenters. The summed E-state index contributed by atoms with van der Waals surface area (Å²) in [5.41, 5.74) is 5.04. The van der Waals surface area contributed by atoms with Gasteiger partial charge in [-0.25, -0.2) is 5.43 Å². The Morgan fingerprint density at radius 1 is 1.14 bits per heavy atom. The van der Waals surface area contributed by atoms with E-state index in [-0.39, 0.29) is 0 Å². The lowest BCUT2D eigenvalue weighted by Crippen LogP contribution is -2.17. The van der Waals surface area contributed by atoms with E-state index in [1.54, 1.807) is 43.7 Å². The highest BCUT2D eigenvalue weighted by Crippen LogP contribution is 2.36. The lowest BCUT2D eigenvalue weighted by atomic mass is 10.0. The van der Waals surface area contributed by atoms with Crippen molar-refractivity contribution in [1.82, 2.24) is 15.6 Å². The second kappa shape index (κ2) is 8.16. The summed E-state index contributed by atoms with van der Waals surface area (Å²) >= 11 is 5.85. The van der Waals surface area contributed by atoms with Crippen molar-refractivity contribution in [2.24, 2.45) is 5.10 Å². The van der Waals surface area contributed by atoms with Crippen molar-refractivity contribution in [3.8, 4) is 17.0 Å². The summed E-state index contributed by atoms with van der Waals surface area (Å²) in [6, 6.07) is 20.6. The number of hydrazone groups is 1. The summed E-state index contributed by atoms with van der Waals surface area (Å²) in [6.45, 7) is 0. The average Bonchev–Trinajstić information content (AvgIpc) is 3.24. The number of benzene rings is 3. The van der Waals surface area contributed by atoms with Crippen LogP contribution >= 0.6 is 11.6 Å². The SMILES string of the molecule is COc1ccc2ccccc2c1-c1cc(C(=O)N/N=C/c2ccc(Cl)cc2)[nH]n1. The van der Waals surface area contributed by atoms with Crippen molar-refractivity contribution in [1.29, 1.82) is 0 Å². The highest BCUT2D eigenvalue weighted by Gasteiger charge is 2.16. The van der Waals surface area contributed by atoms with Gasteiger partial charge in [-0.3, -0.25) is 9.89 Å². The first-order valence-electron chi connectivity index (χ1n) is 8.86. The molecule has 6 nitrogen and oxygen atoms in total. The zero-order valence-corrected chi connectivity index (χ0v) is 16.3. The Bertz CT molecular complexity index is 1200. The fraction of sp³-hybridized carbons (Fsp3) is 0.0455. The Labute approximate surface area is 172 Å². The van der Waals surface area contributed by atoms with E-state index < -0.39 is 5.91 Å². The number of hydrogen-bond donors (Lipinski definition) is 2. The molecular formula is C22H17ClN4O2. The zero-order valence-electron chi connectivity index (χ0n) is 15.5. The Morgan fingerprint density at radius 3 is 2.72 bits per heavy atom. The molecule has 0 saturated carbocycles. The first-order chi connectivity index (χ1) is 14.2. The van der Waals surface area contributed by atoms with Crippen LogP contribution in [0.5, 0.6) is 5.75 Å². The molecule has 4 rings (SSSR count). The topological polar surface area (TPSA) is 79.4 Å². The summed E-state index contributed by atoms with van der Waals surface area (Å²) in [5.74, 6) is 0.288. The standard InChI is InChI=1S/C22H17ClN4O2/c1-29-20-11-8-15-4-2-3-5-17(15)21(20)18-12-19(26-25-18)22(28)27-24-13-14-6-9-16(23)10-7-14/h2-13H,1H3,(H,25,26)(H,27,28)/b24-13+. The summed E-state index contributed by atoms with van der Waals surface area (Å²) < 4.78 is 5.51. The van der Waals surface area contributed by atoms with E-state index in [0.717, 1.165) is 21.9 Å². The highest BCUT2D eigenvalue weighted by atomic mass is 35.5. The lowest BCUT2D eigenvalue weighted by molar-refractivity contribution is 0.0950. The zero-order chi connectivity index (χ0) is 20.2. The van der Waals surface area contributed by atoms with E-state index in [2.05, 4.69) is 20.7 Å². The third-order valence-electron chi connectivity index (χ3n) is 4.44. The van der Waals surface area contributed by atoms with Gasteiger partial charge in [0.05, 0.1) is 24.6 Å². The van der Waals surface area contributed by atoms with Crippen LogP contribution in [0.25, 0.3) is 22.0 Å². The van der Waals surface area contributed by atoms with Gasteiger partial charge in [0.15, 0.2) is 0 Å². The molecule has 0 fully saturated rings. The third-order valence-corrected chi connectivity index (χ3v) is 4.69. The molecule has 0 atom stereocenters. The van der Waals surface area contributed by atoms with E-state index in [4.69, 9.17) is 16.3 Å². The predicted molar refractivity (Wildman–Crippen MR) is 115 cm³/mol. The average molecular weight is 405 g/mol. The van der Waals surface area contributed by atoms with Gasteiger partial charge < -0.3 is 4.74 Å². The van der Waals surface area contributed by atoms with Gasteiger partial charge in [0.1, 0.15) is 11.4 Å². The molecular weight excluding hydrogens is 388 g/mol. The lowest BCUT2D eigenvalue weighted by Gasteiger charge is -2.09. The Hall–Kier alpha value is -3.64. The van der Waals surface area contributed by atoms with Crippen LogP contribution in [-0.2, 0) is 0 Å². The maximum atomic E-state index is 12.4. The number of H-pyrrole nitrogens is 1. The number of methoxy groups -OCH3 is 1. The van der Waals surface area contributed by atoms with Gasteiger partial charge in [-0.1, -0.05) is 54.1 Å². The molecule has 144 valence electrons. The van der Waals surface area contributed by atoms with Gasteiger partial charge in [0.25, 0.3) is 5.91 Å². The highest BCUT2D eigenvalue weighted by molar-refractivity contribution is 6.30. The molecule has 0 bridgehead atoms.